The molecule has 2 N–H and O–H groups in total. The van der Waals surface area contributed by atoms with Gasteiger partial charge in [0.25, 0.3) is 0 Å². The molecule has 1 aromatic heterocycles. The Hall–Kier alpha value is -1.14. The number of alkyl halides is 3. The summed E-state index contributed by atoms with van der Waals surface area (Å²) in [5.74, 6) is 0.0176. The number of pyridine rings is 1. The fraction of sp³-hybridized carbons (Fsp3) is 0.583. The van der Waals surface area contributed by atoms with E-state index in [0.717, 1.165) is 12.3 Å². The lowest BCUT2D eigenvalue weighted by Crippen LogP contribution is -2.29. The molecule has 2 rings (SSSR count). The standard InChI is InChI=1S/C12H15F3N2O/c13-12(14,15)10-1-4-17-7-9(10)11(16)8-2-5-18-6-3-8/h1,4,7-8,11H,2-3,5-6,16H2. The molecule has 0 saturated carbocycles. The normalized spacial score (nSPS) is 19.8. The summed E-state index contributed by atoms with van der Waals surface area (Å²) in [4.78, 5) is 3.76. The van der Waals surface area contributed by atoms with Crippen molar-refractivity contribution in [3.8, 4) is 0 Å². The molecule has 0 bridgehead atoms. The van der Waals surface area contributed by atoms with Crippen LogP contribution in [0.4, 0.5) is 13.2 Å². The SMILES string of the molecule is NC(c1cnccc1C(F)(F)F)C1CCOCC1. The van der Waals surface area contributed by atoms with E-state index in [1.54, 1.807) is 0 Å². The van der Waals surface area contributed by atoms with E-state index in [1.165, 1.54) is 6.20 Å². The molecule has 0 aromatic carbocycles. The lowest BCUT2D eigenvalue weighted by atomic mass is 9.86. The zero-order valence-electron chi connectivity index (χ0n) is 9.78. The lowest BCUT2D eigenvalue weighted by molar-refractivity contribution is -0.138. The molecular formula is C12H15F3N2O. The molecule has 1 aliphatic heterocycles. The van der Waals surface area contributed by atoms with Crippen LogP contribution in [0, 0.1) is 5.92 Å². The predicted octanol–water partition coefficient (Wildman–Crippen LogP) is 2.53. The van der Waals surface area contributed by atoms with Crippen molar-refractivity contribution < 1.29 is 17.9 Å². The van der Waals surface area contributed by atoms with Gasteiger partial charge in [-0.25, -0.2) is 0 Å². The second-order valence-electron chi connectivity index (χ2n) is 4.44. The Bertz CT molecular complexity index is 403. The highest BCUT2D eigenvalue weighted by Gasteiger charge is 2.36. The summed E-state index contributed by atoms with van der Waals surface area (Å²) in [6.45, 7) is 1.11. The first-order chi connectivity index (χ1) is 8.50. The number of aromatic nitrogens is 1. The van der Waals surface area contributed by atoms with Gasteiger partial charge in [-0.1, -0.05) is 0 Å². The first-order valence-electron chi connectivity index (χ1n) is 5.84. The van der Waals surface area contributed by atoms with Crippen LogP contribution in [-0.4, -0.2) is 18.2 Å². The van der Waals surface area contributed by atoms with Crippen molar-refractivity contribution in [2.45, 2.75) is 25.1 Å². The third-order valence-corrected chi connectivity index (χ3v) is 3.29. The van der Waals surface area contributed by atoms with E-state index in [4.69, 9.17) is 10.5 Å². The number of halogens is 3. The van der Waals surface area contributed by atoms with E-state index in [-0.39, 0.29) is 11.5 Å². The zero-order chi connectivity index (χ0) is 13.2. The smallest absolute Gasteiger partial charge is 0.381 e. The van der Waals surface area contributed by atoms with Crippen molar-refractivity contribution in [1.29, 1.82) is 0 Å². The van der Waals surface area contributed by atoms with Gasteiger partial charge in [-0.2, -0.15) is 13.2 Å². The molecule has 1 aromatic rings. The molecule has 6 heteroatoms. The summed E-state index contributed by atoms with van der Waals surface area (Å²) in [7, 11) is 0. The van der Waals surface area contributed by atoms with E-state index in [2.05, 4.69) is 4.98 Å². The van der Waals surface area contributed by atoms with Crippen LogP contribution < -0.4 is 5.73 Å². The monoisotopic (exact) mass is 260 g/mol. The largest absolute Gasteiger partial charge is 0.416 e. The number of hydrogen-bond donors (Lipinski definition) is 1. The minimum Gasteiger partial charge on any atom is -0.381 e. The maximum absolute atomic E-state index is 12.9. The Morgan fingerprint density at radius 3 is 2.61 bits per heavy atom. The molecule has 3 nitrogen and oxygen atoms in total. The summed E-state index contributed by atoms with van der Waals surface area (Å²) < 4.78 is 43.8. The second-order valence-corrected chi connectivity index (χ2v) is 4.44. The molecular weight excluding hydrogens is 245 g/mol. The summed E-state index contributed by atoms with van der Waals surface area (Å²) in [5, 5.41) is 0. The van der Waals surface area contributed by atoms with Crippen LogP contribution in [-0.2, 0) is 10.9 Å². The Morgan fingerprint density at radius 1 is 1.33 bits per heavy atom. The highest BCUT2D eigenvalue weighted by atomic mass is 19.4. The summed E-state index contributed by atoms with van der Waals surface area (Å²) in [5.41, 5.74) is 5.37. The van der Waals surface area contributed by atoms with Gasteiger partial charge in [0.1, 0.15) is 0 Å². The van der Waals surface area contributed by atoms with Crippen molar-refractivity contribution in [2.24, 2.45) is 11.7 Å². The number of rotatable bonds is 2. The van der Waals surface area contributed by atoms with Crippen molar-refractivity contribution in [3.05, 3.63) is 29.6 Å². The van der Waals surface area contributed by atoms with Gasteiger partial charge in [-0.3, -0.25) is 4.98 Å². The molecule has 100 valence electrons. The zero-order valence-corrected chi connectivity index (χ0v) is 9.78. The van der Waals surface area contributed by atoms with Gasteiger partial charge in [0, 0.05) is 31.6 Å². The molecule has 1 aliphatic rings. The minimum atomic E-state index is -4.39. The summed E-state index contributed by atoms with van der Waals surface area (Å²) >= 11 is 0. The molecule has 1 fully saturated rings. The average molecular weight is 260 g/mol. The van der Waals surface area contributed by atoms with Crippen LogP contribution in [0.25, 0.3) is 0 Å². The number of hydrogen-bond acceptors (Lipinski definition) is 3. The highest BCUT2D eigenvalue weighted by Crippen LogP contribution is 2.37. The molecule has 1 atom stereocenters. The van der Waals surface area contributed by atoms with Crippen LogP contribution in [0.15, 0.2) is 18.5 Å². The topological polar surface area (TPSA) is 48.1 Å². The van der Waals surface area contributed by atoms with Crippen LogP contribution in [0.2, 0.25) is 0 Å². The second kappa shape index (κ2) is 5.24. The van der Waals surface area contributed by atoms with E-state index in [1.807, 2.05) is 0 Å². The molecule has 18 heavy (non-hydrogen) atoms. The van der Waals surface area contributed by atoms with E-state index < -0.39 is 17.8 Å². The molecule has 1 saturated heterocycles. The minimum absolute atomic E-state index is 0.0176. The van der Waals surface area contributed by atoms with E-state index >= 15 is 0 Å². The Balaban J connectivity index is 2.26. The molecule has 0 spiro atoms. The number of nitrogens with two attached hydrogens (primary N) is 1. The fourth-order valence-electron chi connectivity index (χ4n) is 2.26. The summed E-state index contributed by atoms with van der Waals surface area (Å²) in [6, 6.07) is 0.341. The average Bonchev–Trinajstić information content (AvgIpc) is 2.38. The number of nitrogens with zero attached hydrogens (tertiary/aromatic N) is 1. The Kier molecular flexibility index (Phi) is 3.87. The van der Waals surface area contributed by atoms with E-state index in [0.29, 0.717) is 26.1 Å². The first kappa shape index (κ1) is 13.3. The van der Waals surface area contributed by atoms with Gasteiger partial charge in [-0.05, 0) is 30.4 Å². The summed E-state index contributed by atoms with van der Waals surface area (Å²) in [6.07, 6.45) is -0.645. The van der Waals surface area contributed by atoms with Crippen molar-refractivity contribution >= 4 is 0 Å². The lowest BCUT2D eigenvalue weighted by Gasteiger charge is -2.29. The van der Waals surface area contributed by atoms with Crippen molar-refractivity contribution in [2.75, 3.05) is 13.2 Å². The fourth-order valence-corrected chi connectivity index (χ4v) is 2.26. The quantitative estimate of drug-likeness (QED) is 0.888. The van der Waals surface area contributed by atoms with Gasteiger partial charge >= 0.3 is 6.18 Å². The Labute approximate surface area is 103 Å². The van der Waals surface area contributed by atoms with E-state index in [9.17, 15) is 13.2 Å². The van der Waals surface area contributed by atoms with Gasteiger partial charge in [0.05, 0.1) is 5.56 Å². The van der Waals surface area contributed by atoms with Gasteiger partial charge in [0.2, 0.25) is 0 Å². The molecule has 1 unspecified atom stereocenters. The van der Waals surface area contributed by atoms with Crippen LogP contribution >= 0.6 is 0 Å². The van der Waals surface area contributed by atoms with Gasteiger partial charge in [0.15, 0.2) is 0 Å². The highest BCUT2D eigenvalue weighted by molar-refractivity contribution is 5.29. The van der Waals surface area contributed by atoms with Gasteiger partial charge < -0.3 is 10.5 Å². The van der Waals surface area contributed by atoms with Crippen LogP contribution in [0.5, 0.6) is 0 Å². The third-order valence-electron chi connectivity index (χ3n) is 3.29. The van der Waals surface area contributed by atoms with Crippen molar-refractivity contribution in [1.82, 2.24) is 4.98 Å². The predicted molar refractivity (Wildman–Crippen MR) is 59.7 cm³/mol. The molecule has 2 heterocycles. The first-order valence-corrected chi connectivity index (χ1v) is 5.84. The molecule has 0 amide bonds. The molecule has 0 radical (unpaired) electrons. The third kappa shape index (κ3) is 2.81. The maximum atomic E-state index is 12.9. The van der Waals surface area contributed by atoms with Gasteiger partial charge in [-0.15, -0.1) is 0 Å². The molecule has 0 aliphatic carbocycles. The van der Waals surface area contributed by atoms with Crippen LogP contribution in [0.3, 0.4) is 0 Å². The van der Waals surface area contributed by atoms with Crippen LogP contribution in [0.1, 0.15) is 30.0 Å². The maximum Gasteiger partial charge on any atom is 0.416 e. The number of ether oxygens (including phenoxy) is 1. The Morgan fingerprint density at radius 2 is 2.00 bits per heavy atom. The van der Waals surface area contributed by atoms with Crippen molar-refractivity contribution in [3.63, 3.8) is 0 Å².